The van der Waals surface area contributed by atoms with Crippen LogP contribution in [0.1, 0.15) is 31.7 Å². The van der Waals surface area contributed by atoms with Crippen molar-refractivity contribution in [3.05, 3.63) is 64.2 Å². The number of ether oxygens (including phenoxy) is 1. The lowest BCUT2D eigenvalue weighted by atomic mass is 10.0. The zero-order valence-electron chi connectivity index (χ0n) is 16.9. The first-order valence-electron chi connectivity index (χ1n) is 9.93. The molecule has 0 aromatic heterocycles. The lowest BCUT2D eigenvalue weighted by molar-refractivity contribution is -0.384. The molecule has 0 aliphatic carbocycles. The molecular formula is C22H27N3O4. The van der Waals surface area contributed by atoms with Gasteiger partial charge in [0.15, 0.2) is 0 Å². The molecule has 2 aromatic carbocycles. The number of amides is 1. The Bertz CT molecular complexity index is 845. The third-order valence-electron chi connectivity index (χ3n) is 5.37. The summed E-state index contributed by atoms with van der Waals surface area (Å²) >= 11 is 0. The van der Waals surface area contributed by atoms with Crippen LogP contribution in [0.3, 0.4) is 0 Å². The first-order valence-corrected chi connectivity index (χ1v) is 9.93. The minimum atomic E-state index is -0.362. The third kappa shape index (κ3) is 5.12. The van der Waals surface area contributed by atoms with E-state index in [0.29, 0.717) is 13.0 Å². The number of hydrogen-bond donors (Lipinski definition) is 0. The Hall–Kier alpha value is -2.93. The molecule has 1 heterocycles. The Morgan fingerprint density at radius 3 is 2.48 bits per heavy atom. The summed E-state index contributed by atoms with van der Waals surface area (Å²) in [5, 5.41) is 11.0. The summed E-state index contributed by atoms with van der Waals surface area (Å²) in [6, 6.07) is 14.6. The van der Waals surface area contributed by atoms with Crippen LogP contribution in [0.25, 0.3) is 0 Å². The van der Waals surface area contributed by atoms with E-state index >= 15 is 0 Å². The van der Waals surface area contributed by atoms with Gasteiger partial charge in [0.25, 0.3) is 5.69 Å². The summed E-state index contributed by atoms with van der Waals surface area (Å²) in [4.78, 5) is 27.5. The highest BCUT2D eigenvalue weighted by Gasteiger charge is 2.28. The number of benzene rings is 2. The predicted octanol–water partition coefficient (Wildman–Crippen LogP) is 4.01. The zero-order chi connectivity index (χ0) is 20.8. The van der Waals surface area contributed by atoms with E-state index in [1.165, 1.54) is 6.07 Å². The van der Waals surface area contributed by atoms with E-state index in [2.05, 4.69) is 4.90 Å². The minimum absolute atomic E-state index is 0.118. The first kappa shape index (κ1) is 20.8. The molecule has 0 unspecified atom stereocenters. The van der Waals surface area contributed by atoms with Crippen molar-refractivity contribution in [2.24, 2.45) is 0 Å². The van der Waals surface area contributed by atoms with E-state index in [4.69, 9.17) is 4.74 Å². The van der Waals surface area contributed by atoms with Crippen LogP contribution >= 0.6 is 0 Å². The molecule has 7 nitrogen and oxygen atoms in total. The highest BCUT2D eigenvalue weighted by molar-refractivity contribution is 5.93. The van der Waals surface area contributed by atoms with Gasteiger partial charge in [-0.1, -0.05) is 19.1 Å². The normalized spacial score (nSPS) is 15.1. The first-order chi connectivity index (χ1) is 14.0. The van der Waals surface area contributed by atoms with Crippen molar-refractivity contribution < 1.29 is 14.5 Å². The Kier molecular flexibility index (Phi) is 6.82. The Labute approximate surface area is 171 Å². The van der Waals surface area contributed by atoms with E-state index in [1.54, 1.807) is 19.2 Å². The Balaban J connectivity index is 1.65. The van der Waals surface area contributed by atoms with Crippen molar-refractivity contribution in [1.82, 2.24) is 4.90 Å². The molecule has 3 rings (SSSR count). The lowest BCUT2D eigenvalue weighted by Crippen LogP contribution is -2.47. The SMILES string of the molecule is CCC(=O)N(c1ccc(OC)cc1)C1CCN(Cc2cccc([N+](=O)[O-])c2)CC1. The van der Waals surface area contributed by atoms with Gasteiger partial charge in [-0.15, -0.1) is 0 Å². The molecule has 0 atom stereocenters. The average molecular weight is 397 g/mol. The van der Waals surface area contributed by atoms with Crippen molar-refractivity contribution in [2.75, 3.05) is 25.1 Å². The number of nitro groups is 1. The second-order valence-electron chi connectivity index (χ2n) is 7.25. The van der Waals surface area contributed by atoms with Crippen LogP contribution in [0, 0.1) is 10.1 Å². The maximum atomic E-state index is 12.7. The predicted molar refractivity (Wildman–Crippen MR) is 112 cm³/mol. The highest BCUT2D eigenvalue weighted by atomic mass is 16.6. The summed E-state index contributed by atoms with van der Waals surface area (Å²) < 4.78 is 5.22. The van der Waals surface area contributed by atoms with Crippen molar-refractivity contribution in [2.45, 2.75) is 38.8 Å². The molecule has 1 fully saturated rings. The number of nitro benzene ring substituents is 1. The molecule has 1 saturated heterocycles. The molecule has 154 valence electrons. The van der Waals surface area contributed by atoms with Crippen LogP contribution in [0.2, 0.25) is 0 Å². The molecular weight excluding hydrogens is 370 g/mol. The number of nitrogens with zero attached hydrogens (tertiary/aromatic N) is 3. The molecule has 0 bridgehead atoms. The standard InChI is InChI=1S/C22H27N3O4/c1-3-22(26)24(18-7-9-21(29-2)10-8-18)19-11-13-23(14-12-19)16-17-5-4-6-20(15-17)25(27)28/h4-10,15,19H,3,11-14,16H2,1-2H3. The molecule has 0 spiro atoms. The fraction of sp³-hybridized carbons (Fsp3) is 0.409. The smallest absolute Gasteiger partial charge is 0.269 e. The van der Waals surface area contributed by atoms with Gasteiger partial charge < -0.3 is 9.64 Å². The minimum Gasteiger partial charge on any atom is -0.497 e. The van der Waals surface area contributed by atoms with Crippen molar-refractivity contribution in [3.8, 4) is 5.75 Å². The number of anilines is 1. The van der Waals surface area contributed by atoms with Crippen molar-refractivity contribution in [3.63, 3.8) is 0 Å². The lowest BCUT2D eigenvalue weighted by Gasteiger charge is -2.38. The molecule has 0 radical (unpaired) electrons. The monoisotopic (exact) mass is 397 g/mol. The summed E-state index contributed by atoms with van der Waals surface area (Å²) in [5.74, 6) is 0.886. The number of hydrogen-bond acceptors (Lipinski definition) is 5. The van der Waals surface area contributed by atoms with Gasteiger partial charge in [0.1, 0.15) is 5.75 Å². The van der Waals surface area contributed by atoms with E-state index in [1.807, 2.05) is 42.2 Å². The van der Waals surface area contributed by atoms with Gasteiger partial charge in [0.2, 0.25) is 5.91 Å². The van der Waals surface area contributed by atoms with Crippen LogP contribution in [0.5, 0.6) is 5.75 Å². The number of rotatable bonds is 7. The average Bonchev–Trinajstić information content (AvgIpc) is 2.75. The van der Waals surface area contributed by atoms with Gasteiger partial charge in [-0.2, -0.15) is 0 Å². The number of methoxy groups -OCH3 is 1. The van der Waals surface area contributed by atoms with Crippen LogP contribution in [0.4, 0.5) is 11.4 Å². The summed E-state index contributed by atoms with van der Waals surface area (Å²) in [6.07, 6.45) is 2.19. The Morgan fingerprint density at radius 1 is 1.21 bits per heavy atom. The number of likely N-dealkylation sites (tertiary alicyclic amines) is 1. The molecule has 1 amide bonds. The van der Waals surface area contributed by atoms with Crippen LogP contribution in [-0.2, 0) is 11.3 Å². The third-order valence-corrected chi connectivity index (χ3v) is 5.37. The van der Waals surface area contributed by atoms with E-state index in [9.17, 15) is 14.9 Å². The summed E-state index contributed by atoms with van der Waals surface area (Å²) in [6.45, 7) is 4.25. The maximum absolute atomic E-state index is 12.7. The van der Waals surface area contributed by atoms with Crippen LogP contribution in [-0.4, -0.2) is 42.0 Å². The largest absolute Gasteiger partial charge is 0.497 e. The topological polar surface area (TPSA) is 75.9 Å². The second-order valence-corrected chi connectivity index (χ2v) is 7.25. The number of non-ortho nitro benzene ring substituents is 1. The zero-order valence-corrected chi connectivity index (χ0v) is 16.9. The summed E-state index contributed by atoms with van der Waals surface area (Å²) in [5.41, 5.74) is 1.96. The summed E-state index contributed by atoms with van der Waals surface area (Å²) in [7, 11) is 1.63. The van der Waals surface area contributed by atoms with Gasteiger partial charge in [-0.05, 0) is 42.7 Å². The van der Waals surface area contributed by atoms with E-state index in [0.717, 1.165) is 42.9 Å². The van der Waals surface area contributed by atoms with Gasteiger partial charge in [0, 0.05) is 49.9 Å². The van der Waals surface area contributed by atoms with Crippen molar-refractivity contribution >= 4 is 17.3 Å². The number of piperidine rings is 1. The molecule has 0 N–H and O–H groups in total. The fourth-order valence-corrected chi connectivity index (χ4v) is 3.83. The molecule has 0 saturated carbocycles. The van der Waals surface area contributed by atoms with E-state index in [-0.39, 0.29) is 22.6 Å². The van der Waals surface area contributed by atoms with Gasteiger partial charge in [-0.3, -0.25) is 19.8 Å². The van der Waals surface area contributed by atoms with Crippen LogP contribution in [0.15, 0.2) is 48.5 Å². The molecule has 1 aliphatic rings. The number of carbonyl (C=O) groups excluding carboxylic acids is 1. The molecule has 1 aliphatic heterocycles. The van der Waals surface area contributed by atoms with Gasteiger partial charge in [-0.25, -0.2) is 0 Å². The second kappa shape index (κ2) is 9.52. The number of carbonyl (C=O) groups is 1. The Morgan fingerprint density at radius 2 is 1.90 bits per heavy atom. The highest BCUT2D eigenvalue weighted by Crippen LogP contribution is 2.27. The maximum Gasteiger partial charge on any atom is 0.269 e. The molecule has 2 aromatic rings. The fourth-order valence-electron chi connectivity index (χ4n) is 3.83. The van der Waals surface area contributed by atoms with Crippen LogP contribution < -0.4 is 9.64 Å². The van der Waals surface area contributed by atoms with E-state index < -0.39 is 0 Å². The quantitative estimate of drug-likeness (QED) is 0.521. The molecule has 7 heteroatoms. The van der Waals surface area contributed by atoms with Gasteiger partial charge in [0.05, 0.1) is 12.0 Å². The molecule has 29 heavy (non-hydrogen) atoms. The van der Waals surface area contributed by atoms with Crippen molar-refractivity contribution in [1.29, 1.82) is 0 Å². The van der Waals surface area contributed by atoms with Gasteiger partial charge >= 0.3 is 0 Å².